The molecule has 0 spiro atoms. The summed E-state index contributed by atoms with van der Waals surface area (Å²) in [7, 11) is 0. The van der Waals surface area contributed by atoms with Gasteiger partial charge >= 0.3 is 0 Å². The molecule has 0 saturated heterocycles. The number of carbonyl (C=O) groups excluding carboxylic acids is 1. The zero-order chi connectivity index (χ0) is 12.6. The topological polar surface area (TPSA) is 52.3 Å². The number of hydrogen-bond donors (Lipinski definition) is 1. The lowest BCUT2D eigenvalue weighted by atomic mass is 9.77. The highest BCUT2D eigenvalue weighted by atomic mass is 16.5. The zero-order valence-electron chi connectivity index (χ0n) is 10.6. The molecule has 3 heteroatoms. The lowest BCUT2D eigenvalue weighted by Crippen LogP contribution is -2.49. The molecule has 0 atom stereocenters. The van der Waals surface area contributed by atoms with Crippen molar-refractivity contribution in [3.05, 3.63) is 29.3 Å². The third-order valence-corrected chi connectivity index (χ3v) is 4.15. The number of fused-ring (bicyclic) bond motifs is 1. The molecule has 1 aromatic rings. The van der Waals surface area contributed by atoms with Crippen molar-refractivity contribution >= 4 is 5.78 Å². The second kappa shape index (κ2) is 4.39. The molecule has 18 heavy (non-hydrogen) atoms. The molecule has 1 aliphatic carbocycles. The molecule has 1 aromatic carbocycles. The molecule has 0 amide bonds. The van der Waals surface area contributed by atoms with Crippen molar-refractivity contribution < 1.29 is 9.53 Å². The maximum atomic E-state index is 12.6. The van der Waals surface area contributed by atoms with E-state index in [0.29, 0.717) is 0 Å². The first kappa shape index (κ1) is 11.7. The number of rotatable bonds is 2. The summed E-state index contributed by atoms with van der Waals surface area (Å²) in [5.41, 5.74) is 7.56. The van der Waals surface area contributed by atoms with Crippen molar-refractivity contribution in [3.63, 3.8) is 0 Å². The van der Waals surface area contributed by atoms with E-state index in [1.165, 1.54) is 6.42 Å². The summed E-state index contributed by atoms with van der Waals surface area (Å²) in [6, 6.07) is 5.73. The molecule has 0 bridgehead atoms. The molecule has 0 aromatic heterocycles. The van der Waals surface area contributed by atoms with Gasteiger partial charge in [-0.05, 0) is 36.6 Å². The summed E-state index contributed by atoms with van der Waals surface area (Å²) in [6.07, 6.45) is 5.86. The molecule has 1 saturated carbocycles. The number of Topliss-reactive ketones (excluding diaryl/α,β-unsaturated/α-hetero) is 1. The Hall–Kier alpha value is -1.35. The summed E-state index contributed by atoms with van der Waals surface area (Å²) in [4.78, 5) is 12.6. The number of nitrogens with two attached hydrogens (primary N) is 1. The van der Waals surface area contributed by atoms with Crippen molar-refractivity contribution in [2.75, 3.05) is 6.61 Å². The highest BCUT2D eigenvalue weighted by Gasteiger charge is 2.36. The molecule has 0 unspecified atom stereocenters. The molecule has 2 N–H and O–H groups in total. The minimum atomic E-state index is -0.633. The second-order valence-electron chi connectivity index (χ2n) is 5.47. The molecule has 1 fully saturated rings. The van der Waals surface area contributed by atoms with Crippen LogP contribution >= 0.6 is 0 Å². The average molecular weight is 245 g/mol. The summed E-state index contributed by atoms with van der Waals surface area (Å²) >= 11 is 0. The maximum Gasteiger partial charge on any atom is 0.182 e. The summed E-state index contributed by atoms with van der Waals surface area (Å²) in [5.74, 6) is 1.03. The van der Waals surface area contributed by atoms with Crippen LogP contribution in [0, 0.1) is 0 Å². The molecule has 0 radical (unpaired) electrons. The number of hydrogen-bond acceptors (Lipinski definition) is 3. The maximum absolute atomic E-state index is 12.6. The molecule has 1 aliphatic heterocycles. The van der Waals surface area contributed by atoms with Gasteiger partial charge in [0.1, 0.15) is 5.75 Å². The lowest BCUT2D eigenvalue weighted by molar-refractivity contribution is 0.0848. The smallest absolute Gasteiger partial charge is 0.182 e. The van der Waals surface area contributed by atoms with Crippen molar-refractivity contribution in [2.24, 2.45) is 5.73 Å². The molecule has 3 rings (SSSR count). The predicted octanol–water partition coefficient (Wildman–Crippen LogP) is 2.47. The summed E-state index contributed by atoms with van der Waals surface area (Å²) in [5, 5.41) is 0. The molecule has 3 nitrogen and oxygen atoms in total. The Morgan fingerprint density at radius 1 is 1.22 bits per heavy atom. The van der Waals surface area contributed by atoms with Crippen LogP contribution in [0.1, 0.15) is 48.0 Å². The van der Waals surface area contributed by atoms with E-state index in [-0.39, 0.29) is 5.78 Å². The van der Waals surface area contributed by atoms with E-state index >= 15 is 0 Å². The van der Waals surface area contributed by atoms with E-state index in [1.54, 1.807) is 0 Å². The quantitative estimate of drug-likeness (QED) is 0.814. The van der Waals surface area contributed by atoms with Gasteiger partial charge in [0, 0.05) is 12.0 Å². The van der Waals surface area contributed by atoms with Gasteiger partial charge in [0.25, 0.3) is 0 Å². The highest BCUT2D eigenvalue weighted by molar-refractivity contribution is 6.03. The van der Waals surface area contributed by atoms with Crippen molar-refractivity contribution in [2.45, 2.75) is 44.1 Å². The molecule has 96 valence electrons. The van der Waals surface area contributed by atoms with Gasteiger partial charge in [0.05, 0.1) is 12.1 Å². The number of ether oxygens (including phenoxy) is 1. The van der Waals surface area contributed by atoms with Crippen LogP contribution in [-0.4, -0.2) is 17.9 Å². The van der Waals surface area contributed by atoms with Gasteiger partial charge in [0.2, 0.25) is 0 Å². The van der Waals surface area contributed by atoms with Crippen molar-refractivity contribution in [1.29, 1.82) is 0 Å². The Balaban J connectivity index is 1.88. The minimum Gasteiger partial charge on any atom is -0.493 e. The molecular formula is C15H19NO2. The van der Waals surface area contributed by atoms with Crippen LogP contribution in [-0.2, 0) is 6.42 Å². The Kier molecular flexibility index (Phi) is 2.86. The fourth-order valence-electron chi connectivity index (χ4n) is 3.03. The summed E-state index contributed by atoms with van der Waals surface area (Å²) < 4.78 is 5.46. The standard InChI is InChI=1S/C15H19NO2/c16-15(7-2-1-3-8-15)14(17)12-4-5-13-11(10-12)6-9-18-13/h4-5,10H,1-3,6-9,16H2. The van der Waals surface area contributed by atoms with Crippen LogP contribution in [0.4, 0.5) is 0 Å². The monoisotopic (exact) mass is 245 g/mol. The van der Waals surface area contributed by atoms with Gasteiger partial charge in [-0.15, -0.1) is 0 Å². The van der Waals surface area contributed by atoms with Gasteiger partial charge in [-0.2, -0.15) is 0 Å². The first-order valence-electron chi connectivity index (χ1n) is 6.78. The van der Waals surface area contributed by atoms with Crippen LogP contribution in [0.25, 0.3) is 0 Å². The Morgan fingerprint density at radius 3 is 2.78 bits per heavy atom. The van der Waals surface area contributed by atoms with E-state index in [9.17, 15) is 4.79 Å². The van der Waals surface area contributed by atoms with E-state index in [1.807, 2.05) is 18.2 Å². The summed E-state index contributed by atoms with van der Waals surface area (Å²) in [6.45, 7) is 0.723. The van der Waals surface area contributed by atoms with Gasteiger partial charge in [-0.1, -0.05) is 19.3 Å². The van der Waals surface area contributed by atoms with Gasteiger partial charge in [-0.25, -0.2) is 0 Å². The Morgan fingerprint density at radius 2 is 2.00 bits per heavy atom. The fraction of sp³-hybridized carbons (Fsp3) is 0.533. The van der Waals surface area contributed by atoms with Crippen LogP contribution in [0.5, 0.6) is 5.75 Å². The number of ketones is 1. The Bertz CT molecular complexity index is 475. The van der Waals surface area contributed by atoms with Gasteiger partial charge in [-0.3, -0.25) is 4.79 Å². The van der Waals surface area contributed by atoms with Crippen molar-refractivity contribution in [3.8, 4) is 5.75 Å². The molecule has 2 aliphatic rings. The van der Waals surface area contributed by atoms with E-state index in [0.717, 1.165) is 55.6 Å². The number of carbonyl (C=O) groups is 1. The van der Waals surface area contributed by atoms with Crippen LogP contribution in [0.15, 0.2) is 18.2 Å². The van der Waals surface area contributed by atoms with Gasteiger partial charge < -0.3 is 10.5 Å². The Labute approximate surface area is 107 Å². The van der Waals surface area contributed by atoms with E-state index < -0.39 is 5.54 Å². The third-order valence-electron chi connectivity index (χ3n) is 4.15. The lowest BCUT2D eigenvalue weighted by Gasteiger charge is -2.31. The normalized spacial score (nSPS) is 21.2. The molecular weight excluding hydrogens is 226 g/mol. The average Bonchev–Trinajstić information content (AvgIpc) is 2.86. The minimum absolute atomic E-state index is 0.108. The van der Waals surface area contributed by atoms with Crippen LogP contribution < -0.4 is 10.5 Å². The van der Waals surface area contributed by atoms with E-state index in [4.69, 9.17) is 10.5 Å². The van der Waals surface area contributed by atoms with Crippen molar-refractivity contribution in [1.82, 2.24) is 0 Å². The third kappa shape index (κ3) is 1.93. The van der Waals surface area contributed by atoms with Crippen LogP contribution in [0.2, 0.25) is 0 Å². The second-order valence-corrected chi connectivity index (χ2v) is 5.47. The largest absolute Gasteiger partial charge is 0.493 e. The first-order chi connectivity index (χ1) is 8.69. The highest BCUT2D eigenvalue weighted by Crippen LogP contribution is 2.31. The van der Waals surface area contributed by atoms with Crippen LogP contribution in [0.3, 0.4) is 0 Å². The molecule has 1 heterocycles. The SMILES string of the molecule is NC1(C(=O)c2ccc3c(c2)CCO3)CCCCC1. The van der Waals surface area contributed by atoms with E-state index in [2.05, 4.69) is 0 Å². The predicted molar refractivity (Wildman–Crippen MR) is 70.0 cm³/mol. The first-order valence-corrected chi connectivity index (χ1v) is 6.78. The van der Waals surface area contributed by atoms with Gasteiger partial charge in [0.15, 0.2) is 5.78 Å². The number of benzene rings is 1. The fourth-order valence-corrected chi connectivity index (χ4v) is 3.03. The zero-order valence-corrected chi connectivity index (χ0v) is 10.6.